The lowest BCUT2D eigenvalue weighted by atomic mass is 9.67. The van der Waals surface area contributed by atoms with Crippen molar-refractivity contribution in [1.29, 1.82) is 0 Å². The Morgan fingerprint density at radius 2 is 1.40 bits per heavy atom. The molecule has 1 atom stereocenters. The third-order valence-electron chi connectivity index (χ3n) is 3.26. The molecule has 2 nitrogen and oxygen atoms in total. The van der Waals surface area contributed by atoms with Crippen LogP contribution in [0, 0.1) is 16.2 Å². The van der Waals surface area contributed by atoms with Crippen LogP contribution in [-0.4, -0.2) is 12.4 Å². The smallest absolute Gasteiger partial charge is 0.0372 e. The molecule has 15 heavy (non-hydrogen) atoms. The van der Waals surface area contributed by atoms with Gasteiger partial charge < -0.3 is 0 Å². The maximum Gasteiger partial charge on any atom is 0.0372 e. The number of rotatable bonds is 0. The Bertz CT molecular complexity index is 316. The molecule has 0 saturated heterocycles. The fraction of sp³-hybridized carbons (Fsp3) is 0.692. The Hall–Kier alpha value is -0.920. The monoisotopic (exact) mass is 206 g/mol. The van der Waals surface area contributed by atoms with Crippen molar-refractivity contribution in [2.24, 2.45) is 26.4 Å². The van der Waals surface area contributed by atoms with Crippen molar-refractivity contribution in [2.45, 2.75) is 41.5 Å². The third kappa shape index (κ3) is 2.77. The van der Waals surface area contributed by atoms with Crippen LogP contribution in [0.5, 0.6) is 0 Å². The Balaban J connectivity index is 3.15. The van der Waals surface area contributed by atoms with Gasteiger partial charge in [0.25, 0.3) is 0 Å². The minimum absolute atomic E-state index is 0.00965. The van der Waals surface area contributed by atoms with Gasteiger partial charge in [0, 0.05) is 23.3 Å². The lowest BCUT2D eigenvalue weighted by Crippen LogP contribution is -2.33. The molecule has 1 aliphatic heterocycles. The number of hydrogen-bond donors (Lipinski definition) is 0. The average Bonchev–Trinajstić information content (AvgIpc) is 2.05. The molecule has 2 heteroatoms. The summed E-state index contributed by atoms with van der Waals surface area (Å²) in [4.78, 5) is 0. The van der Waals surface area contributed by atoms with Crippen molar-refractivity contribution in [3.8, 4) is 0 Å². The molecule has 0 spiro atoms. The van der Waals surface area contributed by atoms with Gasteiger partial charge in [-0.15, -0.1) is 0 Å². The summed E-state index contributed by atoms with van der Waals surface area (Å²) in [5.41, 5.74) is 0.0994. The van der Waals surface area contributed by atoms with Crippen molar-refractivity contribution in [2.75, 3.05) is 0 Å². The van der Waals surface area contributed by atoms with Gasteiger partial charge in [-0.1, -0.05) is 53.7 Å². The fourth-order valence-electron chi connectivity index (χ4n) is 1.25. The Morgan fingerprint density at radius 1 is 0.867 bits per heavy atom. The zero-order chi connectivity index (χ0) is 11.7. The Kier molecular flexibility index (Phi) is 2.90. The van der Waals surface area contributed by atoms with Crippen molar-refractivity contribution >= 4 is 12.4 Å². The quantitative estimate of drug-likeness (QED) is 0.540. The van der Waals surface area contributed by atoms with Gasteiger partial charge in [0.15, 0.2) is 0 Å². The highest BCUT2D eigenvalue weighted by atomic mass is 15.2. The van der Waals surface area contributed by atoms with Gasteiger partial charge in [-0.3, -0.25) is 0 Å². The van der Waals surface area contributed by atoms with E-state index in [9.17, 15) is 0 Å². The van der Waals surface area contributed by atoms with E-state index in [0.29, 0.717) is 0 Å². The van der Waals surface area contributed by atoms with E-state index in [1.54, 1.807) is 0 Å². The van der Waals surface area contributed by atoms with Crippen molar-refractivity contribution < 1.29 is 0 Å². The molecule has 0 aromatic carbocycles. The summed E-state index contributed by atoms with van der Waals surface area (Å²) in [6.45, 7) is 13.1. The normalized spacial score (nSPS) is 36.4. The van der Waals surface area contributed by atoms with E-state index in [1.165, 1.54) is 0 Å². The highest BCUT2D eigenvalue weighted by Crippen LogP contribution is 2.39. The minimum Gasteiger partial charge on any atom is -0.163 e. The van der Waals surface area contributed by atoms with Crippen LogP contribution in [0.4, 0.5) is 0 Å². The maximum absolute atomic E-state index is 4.14. The summed E-state index contributed by atoms with van der Waals surface area (Å²) in [7, 11) is 0. The van der Waals surface area contributed by atoms with E-state index in [-0.39, 0.29) is 16.2 Å². The van der Waals surface area contributed by atoms with Gasteiger partial charge in [-0.05, 0) is 5.41 Å². The van der Waals surface area contributed by atoms with Crippen molar-refractivity contribution in [3.05, 3.63) is 12.2 Å². The van der Waals surface area contributed by atoms with Crippen LogP contribution in [0.2, 0.25) is 0 Å². The topological polar surface area (TPSA) is 24.7 Å². The number of nitrogens with zero attached hydrogens (tertiary/aromatic N) is 2. The van der Waals surface area contributed by atoms with E-state index in [1.807, 2.05) is 12.4 Å². The molecule has 1 heterocycles. The highest BCUT2D eigenvalue weighted by molar-refractivity contribution is 5.74. The molecular formula is C13H22N2. The first-order valence-electron chi connectivity index (χ1n) is 5.45. The molecule has 1 rings (SSSR count). The summed E-state index contributed by atoms with van der Waals surface area (Å²) < 4.78 is 0. The first-order chi connectivity index (χ1) is 6.66. The first kappa shape index (κ1) is 12.2. The van der Waals surface area contributed by atoms with Crippen LogP contribution >= 0.6 is 0 Å². The summed E-state index contributed by atoms with van der Waals surface area (Å²) in [6.07, 6.45) is 8.28. The van der Waals surface area contributed by atoms with Crippen LogP contribution in [-0.2, 0) is 0 Å². The lowest BCUT2D eigenvalue weighted by Gasteiger charge is -2.37. The van der Waals surface area contributed by atoms with E-state index in [0.717, 1.165) is 0 Å². The molecule has 0 saturated carbocycles. The van der Waals surface area contributed by atoms with Crippen LogP contribution in [0.25, 0.3) is 0 Å². The Morgan fingerprint density at radius 3 is 1.93 bits per heavy atom. The minimum atomic E-state index is -0.0397. The van der Waals surface area contributed by atoms with E-state index in [2.05, 4.69) is 63.9 Å². The molecule has 0 radical (unpaired) electrons. The maximum atomic E-state index is 4.14. The molecule has 1 unspecified atom stereocenters. The summed E-state index contributed by atoms with van der Waals surface area (Å²) in [5.74, 6) is 0. The molecule has 0 aliphatic carbocycles. The zero-order valence-electron chi connectivity index (χ0n) is 10.7. The van der Waals surface area contributed by atoms with Gasteiger partial charge in [0.05, 0.1) is 0 Å². The van der Waals surface area contributed by atoms with Gasteiger partial charge in [-0.25, -0.2) is 0 Å². The lowest BCUT2D eigenvalue weighted by molar-refractivity contribution is 0.254. The van der Waals surface area contributed by atoms with Crippen molar-refractivity contribution in [3.63, 3.8) is 0 Å². The Labute approximate surface area is 93.2 Å². The van der Waals surface area contributed by atoms with Crippen molar-refractivity contribution in [1.82, 2.24) is 0 Å². The summed E-state index contributed by atoms with van der Waals surface area (Å²) >= 11 is 0. The molecular weight excluding hydrogens is 184 g/mol. The van der Waals surface area contributed by atoms with Gasteiger partial charge in [0.1, 0.15) is 0 Å². The summed E-state index contributed by atoms with van der Waals surface area (Å²) in [6, 6.07) is 0. The van der Waals surface area contributed by atoms with Crippen LogP contribution in [0.15, 0.2) is 22.4 Å². The third-order valence-corrected chi connectivity index (χ3v) is 3.26. The first-order valence-corrected chi connectivity index (χ1v) is 5.45. The molecule has 0 fully saturated rings. The van der Waals surface area contributed by atoms with Gasteiger partial charge in [0.2, 0.25) is 0 Å². The zero-order valence-corrected chi connectivity index (χ0v) is 10.7. The van der Waals surface area contributed by atoms with E-state index >= 15 is 0 Å². The van der Waals surface area contributed by atoms with Gasteiger partial charge in [-0.2, -0.15) is 10.2 Å². The second-order valence-corrected chi connectivity index (χ2v) is 6.18. The molecule has 0 bridgehead atoms. The molecule has 0 aromatic heterocycles. The number of allylic oxidation sites excluding steroid dienone is 2. The standard InChI is InChI=1S/C13H22N2/c1-11(2,3)13(6)8-7-12(4,5)9-14-15-10-13/h7-10H,1-6H3/b8-7-,14-9-,15-10-. The molecule has 0 aromatic rings. The average molecular weight is 206 g/mol. The van der Waals surface area contributed by atoms with E-state index in [4.69, 9.17) is 0 Å². The van der Waals surface area contributed by atoms with Crippen LogP contribution < -0.4 is 0 Å². The van der Waals surface area contributed by atoms with Gasteiger partial charge >= 0.3 is 0 Å². The predicted octanol–water partition coefficient (Wildman–Crippen LogP) is 3.69. The predicted molar refractivity (Wildman–Crippen MR) is 67.5 cm³/mol. The molecule has 1 aliphatic rings. The number of hydrogen-bond acceptors (Lipinski definition) is 2. The SMILES string of the molecule is CC1(C)/C=C\C(C)(C(C)(C)C)/C=N\N=C/1. The van der Waals surface area contributed by atoms with Crippen LogP contribution in [0.1, 0.15) is 41.5 Å². The summed E-state index contributed by atoms with van der Waals surface area (Å²) in [5, 5.41) is 8.23. The largest absolute Gasteiger partial charge is 0.163 e. The fourth-order valence-corrected chi connectivity index (χ4v) is 1.25. The second-order valence-electron chi connectivity index (χ2n) is 6.18. The molecule has 0 N–H and O–H groups in total. The van der Waals surface area contributed by atoms with E-state index < -0.39 is 0 Å². The highest BCUT2D eigenvalue weighted by Gasteiger charge is 2.34. The molecule has 0 amide bonds. The van der Waals surface area contributed by atoms with Crippen LogP contribution in [0.3, 0.4) is 0 Å². The molecule has 84 valence electrons. The second kappa shape index (κ2) is 3.58.